The predicted molar refractivity (Wildman–Crippen MR) is 86.1 cm³/mol. The molecule has 3 rings (SSSR count). The molecule has 0 aliphatic carbocycles. The molecule has 6 heteroatoms. The number of pyridine rings is 1. The number of aryl methyl sites for hydroxylation is 1. The highest BCUT2D eigenvalue weighted by atomic mass is 32.2. The maximum Gasteiger partial charge on any atom is 0.276 e. The summed E-state index contributed by atoms with van der Waals surface area (Å²) in [6.45, 7) is 2.09. The van der Waals surface area contributed by atoms with Crippen LogP contribution in [0.2, 0.25) is 0 Å². The topological polar surface area (TPSA) is 61.0 Å². The number of methoxy groups -OCH3 is 1. The lowest BCUT2D eigenvalue weighted by Crippen LogP contribution is -1.93. The molecule has 3 aromatic rings. The zero-order valence-electron chi connectivity index (χ0n) is 12.6. The molecule has 0 atom stereocenters. The number of nitrogens with zero attached hydrogens (tertiary/aromatic N) is 3. The van der Waals surface area contributed by atoms with E-state index in [4.69, 9.17) is 9.15 Å². The van der Waals surface area contributed by atoms with E-state index >= 15 is 0 Å². The Labute approximate surface area is 133 Å². The highest BCUT2D eigenvalue weighted by Gasteiger charge is 2.10. The highest BCUT2D eigenvalue weighted by Crippen LogP contribution is 2.30. The van der Waals surface area contributed by atoms with Crippen LogP contribution >= 0.6 is 11.8 Å². The van der Waals surface area contributed by atoms with E-state index < -0.39 is 0 Å². The van der Waals surface area contributed by atoms with Crippen molar-refractivity contribution in [2.24, 2.45) is 0 Å². The van der Waals surface area contributed by atoms with Crippen LogP contribution < -0.4 is 4.74 Å². The van der Waals surface area contributed by atoms with Crippen molar-refractivity contribution in [3.63, 3.8) is 0 Å². The van der Waals surface area contributed by atoms with Crippen molar-refractivity contribution in [2.45, 2.75) is 30.7 Å². The lowest BCUT2D eigenvalue weighted by molar-refractivity contribution is 0.403. The molecule has 0 saturated carbocycles. The van der Waals surface area contributed by atoms with Gasteiger partial charge in [-0.25, -0.2) is 4.98 Å². The summed E-state index contributed by atoms with van der Waals surface area (Å²) in [5.74, 6) is 2.07. The normalized spacial score (nSPS) is 11.0. The van der Waals surface area contributed by atoms with E-state index in [-0.39, 0.29) is 0 Å². The smallest absolute Gasteiger partial charge is 0.276 e. The standard InChI is InChI=1S/C16H17N3O2S/c1-3-6-14-18-19-16(21-14)22-10-11-9-17-15(20-2)13-8-5-4-7-12(11)13/h4-5,7-9H,3,6,10H2,1-2H3. The molecule has 22 heavy (non-hydrogen) atoms. The largest absolute Gasteiger partial charge is 0.481 e. The van der Waals surface area contributed by atoms with Crippen LogP contribution in [-0.4, -0.2) is 22.3 Å². The number of fused-ring (bicyclic) bond motifs is 1. The summed E-state index contributed by atoms with van der Waals surface area (Å²) in [5.41, 5.74) is 1.12. The van der Waals surface area contributed by atoms with E-state index in [0.717, 1.165) is 34.9 Å². The lowest BCUT2D eigenvalue weighted by Gasteiger charge is -2.08. The first-order valence-electron chi connectivity index (χ1n) is 7.17. The van der Waals surface area contributed by atoms with Gasteiger partial charge in [-0.3, -0.25) is 0 Å². The molecule has 0 unspecified atom stereocenters. The molecule has 0 fully saturated rings. The van der Waals surface area contributed by atoms with Crippen LogP contribution in [0.25, 0.3) is 10.8 Å². The van der Waals surface area contributed by atoms with Crippen LogP contribution in [0.15, 0.2) is 40.1 Å². The van der Waals surface area contributed by atoms with Gasteiger partial charge in [-0.05, 0) is 23.4 Å². The molecule has 2 heterocycles. The van der Waals surface area contributed by atoms with E-state index in [0.29, 0.717) is 17.0 Å². The fourth-order valence-corrected chi connectivity index (χ4v) is 3.02. The Morgan fingerprint density at radius 3 is 2.77 bits per heavy atom. The molecule has 0 amide bonds. The second kappa shape index (κ2) is 6.79. The van der Waals surface area contributed by atoms with Gasteiger partial charge in [-0.1, -0.05) is 36.9 Å². The molecule has 0 radical (unpaired) electrons. The molecule has 1 aromatic carbocycles. The summed E-state index contributed by atoms with van der Waals surface area (Å²) < 4.78 is 10.9. The average Bonchev–Trinajstić information content (AvgIpc) is 3.00. The van der Waals surface area contributed by atoms with Crippen LogP contribution in [0, 0.1) is 0 Å². The van der Waals surface area contributed by atoms with Gasteiger partial charge >= 0.3 is 0 Å². The molecule has 2 aromatic heterocycles. The number of aromatic nitrogens is 3. The average molecular weight is 315 g/mol. The SMILES string of the molecule is CCCc1nnc(SCc2cnc(OC)c3ccccc23)o1. The molecule has 0 N–H and O–H groups in total. The third-order valence-electron chi connectivity index (χ3n) is 3.30. The zero-order valence-corrected chi connectivity index (χ0v) is 13.4. The molecular formula is C16H17N3O2S. The molecular weight excluding hydrogens is 298 g/mol. The van der Waals surface area contributed by atoms with E-state index in [2.05, 4.69) is 28.2 Å². The van der Waals surface area contributed by atoms with Crippen molar-refractivity contribution in [3.8, 4) is 5.88 Å². The molecule has 0 saturated heterocycles. The van der Waals surface area contributed by atoms with Crippen molar-refractivity contribution in [3.05, 3.63) is 41.9 Å². The third kappa shape index (κ3) is 3.06. The third-order valence-corrected chi connectivity index (χ3v) is 4.17. The predicted octanol–water partition coefficient (Wildman–Crippen LogP) is 3.87. The number of thioether (sulfide) groups is 1. The minimum atomic E-state index is 0.600. The van der Waals surface area contributed by atoms with E-state index in [9.17, 15) is 0 Å². The number of benzene rings is 1. The maximum atomic E-state index is 5.60. The monoisotopic (exact) mass is 315 g/mol. The van der Waals surface area contributed by atoms with Gasteiger partial charge in [-0.15, -0.1) is 10.2 Å². The Hall–Kier alpha value is -2.08. The van der Waals surface area contributed by atoms with Gasteiger partial charge in [-0.2, -0.15) is 0 Å². The Balaban J connectivity index is 1.81. The summed E-state index contributed by atoms with van der Waals surface area (Å²) in [6.07, 6.45) is 3.66. The fraction of sp³-hybridized carbons (Fsp3) is 0.312. The number of hydrogen-bond donors (Lipinski definition) is 0. The van der Waals surface area contributed by atoms with E-state index in [1.165, 1.54) is 11.8 Å². The van der Waals surface area contributed by atoms with Crippen LogP contribution in [-0.2, 0) is 12.2 Å². The highest BCUT2D eigenvalue weighted by molar-refractivity contribution is 7.98. The molecule has 114 valence electrons. The molecule has 5 nitrogen and oxygen atoms in total. The van der Waals surface area contributed by atoms with Gasteiger partial charge in [0.2, 0.25) is 11.8 Å². The molecule has 0 spiro atoms. The number of rotatable bonds is 6. The van der Waals surface area contributed by atoms with E-state index in [1.807, 2.05) is 24.4 Å². The summed E-state index contributed by atoms with van der Waals surface area (Å²) in [6, 6.07) is 8.09. The van der Waals surface area contributed by atoms with Gasteiger partial charge in [0.05, 0.1) is 7.11 Å². The molecule has 0 bridgehead atoms. The first-order valence-corrected chi connectivity index (χ1v) is 8.16. The van der Waals surface area contributed by atoms with Gasteiger partial charge in [0.1, 0.15) is 0 Å². The quantitative estimate of drug-likeness (QED) is 0.643. The van der Waals surface area contributed by atoms with Crippen molar-refractivity contribution < 1.29 is 9.15 Å². The number of hydrogen-bond acceptors (Lipinski definition) is 6. The van der Waals surface area contributed by atoms with Crippen LogP contribution in [0.1, 0.15) is 24.8 Å². The van der Waals surface area contributed by atoms with Gasteiger partial charge in [0, 0.05) is 23.8 Å². The first-order chi connectivity index (χ1) is 10.8. The summed E-state index contributed by atoms with van der Waals surface area (Å²) in [4.78, 5) is 4.37. The second-order valence-electron chi connectivity index (χ2n) is 4.84. The minimum Gasteiger partial charge on any atom is -0.481 e. The Bertz CT molecular complexity index is 773. The van der Waals surface area contributed by atoms with Crippen LogP contribution in [0.5, 0.6) is 5.88 Å². The van der Waals surface area contributed by atoms with Gasteiger partial charge in [0.15, 0.2) is 0 Å². The van der Waals surface area contributed by atoms with Gasteiger partial charge < -0.3 is 9.15 Å². The van der Waals surface area contributed by atoms with Crippen molar-refractivity contribution in [1.29, 1.82) is 0 Å². The Kier molecular flexibility index (Phi) is 4.58. The van der Waals surface area contributed by atoms with Crippen molar-refractivity contribution >= 4 is 22.5 Å². The first kappa shape index (κ1) is 14.8. The van der Waals surface area contributed by atoms with Crippen LogP contribution in [0.3, 0.4) is 0 Å². The van der Waals surface area contributed by atoms with Crippen molar-refractivity contribution in [2.75, 3.05) is 7.11 Å². The summed E-state index contributed by atoms with van der Waals surface area (Å²) in [7, 11) is 1.64. The number of ether oxygens (including phenoxy) is 1. The molecule has 0 aliphatic heterocycles. The zero-order chi connectivity index (χ0) is 15.4. The summed E-state index contributed by atoms with van der Waals surface area (Å²) >= 11 is 1.53. The second-order valence-corrected chi connectivity index (χ2v) is 5.77. The fourth-order valence-electron chi connectivity index (χ4n) is 2.25. The maximum absolute atomic E-state index is 5.60. The Morgan fingerprint density at radius 2 is 2.00 bits per heavy atom. The van der Waals surface area contributed by atoms with Crippen LogP contribution in [0.4, 0.5) is 0 Å². The Morgan fingerprint density at radius 1 is 1.18 bits per heavy atom. The van der Waals surface area contributed by atoms with Crippen molar-refractivity contribution in [1.82, 2.24) is 15.2 Å². The van der Waals surface area contributed by atoms with Gasteiger partial charge in [0.25, 0.3) is 5.22 Å². The summed E-state index contributed by atoms with van der Waals surface area (Å²) in [5, 5.41) is 10.8. The minimum absolute atomic E-state index is 0.600. The van der Waals surface area contributed by atoms with E-state index in [1.54, 1.807) is 7.11 Å². The lowest BCUT2D eigenvalue weighted by atomic mass is 10.1. The molecule has 0 aliphatic rings.